The van der Waals surface area contributed by atoms with Crippen LogP contribution in [0.4, 0.5) is 11.4 Å². The topological polar surface area (TPSA) is 61.0 Å². The number of para-hydroxylation sites is 2. The number of amides is 1. The minimum Gasteiger partial charge on any atom is -0.378 e. The Labute approximate surface area is 169 Å². The van der Waals surface area contributed by atoms with E-state index < -0.39 is 0 Å². The van der Waals surface area contributed by atoms with Crippen molar-refractivity contribution in [3.63, 3.8) is 0 Å². The summed E-state index contributed by atoms with van der Waals surface area (Å²) < 4.78 is 0. The van der Waals surface area contributed by atoms with Crippen molar-refractivity contribution in [2.45, 2.75) is 0 Å². The first kappa shape index (κ1) is 18.5. The molecule has 0 radical (unpaired) electrons. The monoisotopic (exact) mass is 382 g/mol. The van der Waals surface area contributed by atoms with Gasteiger partial charge in [0.25, 0.3) is 5.91 Å². The number of hydrogen-bond acceptors (Lipinski definition) is 3. The molecular weight excluding hydrogens is 360 g/mol. The third-order valence-corrected chi connectivity index (χ3v) is 4.75. The van der Waals surface area contributed by atoms with E-state index in [4.69, 9.17) is 0 Å². The molecule has 5 heteroatoms. The molecule has 1 aromatic heterocycles. The van der Waals surface area contributed by atoms with E-state index in [-0.39, 0.29) is 5.91 Å². The molecule has 0 atom stereocenters. The fraction of sp³-hybridized carbons (Fsp3) is 0.0833. The number of aromatic amines is 1. The maximum Gasteiger partial charge on any atom is 0.255 e. The highest BCUT2D eigenvalue weighted by Crippen LogP contribution is 2.22. The Morgan fingerprint density at radius 3 is 2.62 bits per heavy atom. The largest absolute Gasteiger partial charge is 0.378 e. The molecule has 0 aliphatic rings. The number of carbonyl (C=O) groups excluding carboxylic acids is 1. The van der Waals surface area contributed by atoms with E-state index in [1.54, 1.807) is 0 Å². The lowest BCUT2D eigenvalue weighted by atomic mass is 10.1. The summed E-state index contributed by atoms with van der Waals surface area (Å²) in [5, 5.41) is 11.5. The zero-order chi connectivity index (χ0) is 20.2. The smallest absolute Gasteiger partial charge is 0.255 e. The van der Waals surface area contributed by atoms with Crippen LogP contribution in [0.1, 0.15) is 21.6 Å². The van der Waals surface area contributed by atoms with Gasteiger partial charge in [0.05, 0.1) is 11.2 Å². The van der Waals surface area contributed by atoms with Gasteiger partial charge in [-0.15, -0.1) is 0 Å². The van der Waals surface area contributed by atoms with E-state index in [1.165, 1.54) is 0 Å². The molecule has 0 unspecified atom stereocenters. The number of H-pyrrole nitrogens is 1. The fourth-order valence-corrected chi connectivity index (χ4v) is 3.16. The van der Waals surface area contributed by atoms with Gasteiger partial charge >= 0.3 is 0 Å². The average molecular weight is 382 g/mol. The van der Waals surface area contributed by atoms with Gasteiger partial charge in [0.15, 0.2) is 0 Å². The maximum atomic E-state index is 12.8. The van der Waals surface area contributed by atoms with Crippen molar-refractivity contribution < 1.29 is 4.79 Å². The molecule has 0 fully saturated rings. The summed E-state index contributed by atoms with van der Waals surface area (Å²) in [6.07, 6.45) is 3.92. The van der Waals surface area contributed by atoms with Gasteiger partial charge in [0.2, 0.25) is 0 Å². The second-order valence-electron chi connectivity index (χ2n) is 6.97. The van der Waals surface area contributed by atoms with E-state index >= 15 is 0 Å². The van der Waals surface area contributed by atoms with Crippen LogP contribution in [0.3, 0.4) is 0 Å². The predicted octanol–water partition coefficient (Wildman–Crippen LogP) is 5.05. The molecular formula is C24H22N4O. The van der Waals surface area contributed by atoms with E-state index in [0.717, 1.165) is 33.5 Å². The van der Waals surface area contributed by atoms with Crippen LogP contribution in [0.2, 0.25) is 0 Å². The molecule has 0 spiro atoms. The molecule has 5 nitrogen and oxygen atoms in total. The Morgan fingerprint density at radius 2 is 1.76 bits per heavy atom. The van der Waals surface area contributed by atoms with Crippen LogP contribution >= 0.6 is 0 Å². The normalized spacial score (nSPS) is 11.1. The SMILES string of the molecule is CN(C)c1cccc(C(=O)Nc2ccccc2C=Cc2n[nH]c3ccccc23)c1. The number of carbonyl (C=O) groups is 1. The summed E-state index contributed by atoms with van der Waals surface area (Å²) in [7, 11) is 3.91. The standard InChI is InChI=1S/C24H22N4O/c1-28(2)19-10-7-9-18(16-19)24(29)25-21-12-5-3-8-17(21)14-15-23-20-11-4-6-13-22(20)26-27-23/h3-16H,1-2H3,(H,25,29)(H,26,27). The highest BCUT2D eigenvalue weighted by molar-refractivity contribution is 6.06. The van der Waals surface area contributed by atoms with Crippen LogP contribution in [0, 0.1) is 0 Å². The van der Waals surface area contributed by atoms with Gasteiger partial charge in [0.1, 0.15) is 0 Å². The van der Waals surface area contributed by atoms with Gasteiger partial charge in [-0.1, -0.05) is 48.5 Å². The average Bonchev–Trinajstić information content (AvgIpc) is 3.16. The molecule has 144 valence electrons. The van der Waals surface area contributed by atoms with Crippen LogP contribution in [0.15, 0.2) is 72.8 Å². The summed E-state index contributed by atoms with van der Waals surface area (Å²) in [5.41, 5.74) is 5.12. The lowest BCUT2D eigenvalue weighted by Gasteiger charge is -2.14. The molecule has 4 aromatic rings. The lowest BCUT2D eigenvalue weighted by Crippen LogP contribution is -2.14. The Kier molecular flexibility index (Phi) is 5.12. The first-order chi connectivity index (χ1) is 14.1. The van der Waals surface area contributed by atoms with Crippen molar-refractivity contribution in [1.29, 1.82) is 0 Å². The van der Waals surface area contributed by atoms with Crippen molar-refractivity contribution in [1.82, 2.24) is 10.2 Å². The minimum absolute atomic E-state index is 0.139. The van der Waals surface area contributed by atoms with Crippen molar-refractivity contribution in [3.05, 3.63) is 89.6 Å². The van der Waals surface area contributed by atoms with Crippen LogP contribution < -0.4 is 10.2 Å². The number of fused-ring (bicyclic) bond motifs is 1. The molecule has 0 bridgehead atoms. The summed E-state index contributed by atoms with van der Waals surface area (Å²) in [6, 6.07) is 23.3. The van der Waals surface area contributed by atoms with E-state index in [2.05, 4.69) is 15.5 Å². The Hall–Kier alpha value is -3.86. The zero-order valence-corrected chi connectivity index (χ0v) is 16.4. The highest BCUT2D eigenvalue weighted by Gasteiger charge is 2.09. The van der Waals surface area contributed by atoms with Crippen LogP contribution in [0.5, 0.6) is 0 Å². The molecule has 4 rings (SSSR count). The third kappa shape index (κ3) is 4.04. The molecule has 1 amide bonds. The van der Waals surface area contributed by atoms with Gasteiger partial charge in [-0.2, -0.15) is 5.10 Å². The predicted molar refractivity (Wildman–Crippen MR) is 120 cm³/mol. The number of benzene rings is 3. The van der Waals surface area contributed by atoms with Crippen molar-refractivity contribution >= 4 is 40.3 Å². The first-order valence-electron chi connectivity index (χ1n) is 9.41. The molecule has 0 saturated heterocycles. The zero-order valence-electron chi connectivity index (χ0n) is 16.4. The molecule has 0 aliphatic carbocycles. The molecule has 1 heterocycles. The van der Waals surface area contributed by atoms with Gasteiger partial charge in [-0.25, -0.2) is 0 Å². The second-order valence-corrected chi connectivity index (χ2v) is 6.97. The number of nitrogens with zero attached hydrogens (tertiary/aromatic N) is 2. The number of aromatic nitrogens is 2. The van der Waals surface area contributed by atoms with Crippen molar-refractivity contribution in [2.75, 3.05) is 24.3 Å². The van der Waals surface area contributed by atoms with Crippen LogP contribution in [-0.4, -0.2) is 30.2 Å². The van der Waals surface area contributed by atoms with Crippen molar-refractivity contribution in [3.8, 4) is 0 Å². The molecule has 0 aliphatic heterocycles. The minimum atomic E-state index is -0.139. The number of rotatable bonds is 5. The van der Waals surface area contributed by atoms with Gasteiger partial charge in [-0.3, -0.25) is 9.89 Å². The summed E-state index contributed by atoms with van der Waals surface area (Å²) in [5.74, 6) is -0.139. The van der Waals surface area contributed by atoms with Crippen molar-refractivity contribution in [2.24, 2.45) is 0 Å². The van der Waals surface area contributed by atoms with Crippen LogP contribution in [-0.2, 0) is 0 Å². The highest BCUT2D eigenvalue weighted by atomic mass is 16.1. The Morgan fingerprint density at radius 1 is 0.966 bits per heavy atom. The van der Waals surface area contributed by atoms with Gasteiger partial charge in [0, 0.05) is 36.4 Å². The van der Waals surface area contributed by atoms with Gasteiger partial charge < -0.3 is 10.2 Å². The second kappa shape index (κ2) is 8.02. The van der Waals surface area contributed by atoms with Crippen LogP contribution in [0.25, 0.3) is 23.1 Å². The molecule has 3 aromatic carbocycles. The third-order valence-electron chi connectivity index (χ3n) is 4.75. The number of nitrogens with one attached hydrogen (secondary N) is 2. The maximum absolute atomic E-state index is 12.8. The first-order valence-corrected chi connectivity index (χ1v) is 9.41. The molecule has 29 heavy (non-hydrogen) atoms. The fourth-order valence-electron chi connectivity index (χ4n) is 3.16. The Bertz CT molecular complexity index is 1190. The summed E-state index contributed by atoms with van der Waals surface area (Å²) >= 11 is 0. The van der Waals surface area contributed by atoms with Gasteiger partial charge in [-0.05, 0) is 42.0 Å². The quantitative estimate of drug-likeness (QED) is 0.508. The Balaban J connectivity index is 1.58. The number of hydrogen-bond donors (Lipinski definition) is 2. The lowest BCUT2D eigenvalue weighted by molar-refractivity contribution is 0.102. The van der Waals surface area contributed by atoms with E-state index in [0.29, 0.717) is 5.56 Å². The van der Waals surface area contributed by atoms with E-state index in [1.807, 2.05) is 104 Å². The van der Waals surface area contributed by atoms with E-state index in [9.17, 15) is 4.79 Å². The molecule has 0 saturated carbocycles. The molecule has 2 N–H and O–H groups in total. The summed E-state index contributed by atoms with van der Waals surface area (Å²) in [4.78, 5) is 14.8. The summed E-state index contributed by atoms with van der Waals surface area (Å²) in [6.45, 7) is 0. The number of anilines is 2.